The number of benzene rings is 1. The molecule has 3 rings (SSSR count). The van der Waals surface area contributed by atoms with Crippen molar-refractivity contribution in [2.24, 2.45) is 0 Å². The molecule has 0 atom stereocenters. The summed E-state index contributed by atoms with van der Waals surface area (Å²) in [4.78, 5) is 27.3. The molecule has 1 fully saturated rings. The first-order valence-electron chi connectivity index (χ1n) is 8.93. The van der Waals surface area contributed by atoms with Crippen LogP contribution in [0.5, 0.6) is 5.75 Å². The van der Waals surface area contributed by atoms with Crippen LogP contribution in [0.15, 0.2) is 36.4 Å². The van der Waals surface area contributed by atoms with Crippen LogP contribution in [-0.2, 0) is 19.6 Å². The van der Waals surface area contributed by atoms with Crippen LogP contribution in [0, 0.1) is 0 Å². The highest BCUT2D eigenvalue weighted by atomic mass is 32.2. The minimum Gasteiger partial charge on any atom is -0.482 e. The zero-order chi connectivity index (χ0) is 21.0. The summed E-state index contributed by atoms with van der Waals surface area (Å²) in [5.74, 6) is -0.494. The van der Waals surface area contributed by atoms with Crippen molar-refractivity contribution in [3.8, 4) is 16.2 Å². The van der Waals surface area contributed by atoms with E-state index in [2.05, 4.69) is 0 Å². The topological polar surface area (TPSA) is 93.2 Å². The van der Waals surface area contributed by atoms with Crippen molar-refractivity contribution in [1.29, 1.82) is 0 Å². The van der Waals surface area contributed by atoms with Gasteiger partial charge < -0.3 is 14.4 Å². The van der Waals surface area contributed by atoms with Gasteiger partial charge in [-0.25, -0.2) is 13.2 Å². The third-order valence-corrected chi connectivity index (χ3v) is 6.99. The fourth-order valence-electron chi connectivity index (χ4n) is 2.96. The molecule has 1 aliphatic heterocycles. The molecule has 1 aliphatic rings. The molecule has 1 saturated heterocycles. The van der Waals surface area contributed by atoms with E-state index in [0.29, 0.717) is 23.7 Å². The lowest BCUT2D eigenvalue weighted by Gasteiger charge is -2.33. The minimum absolute atomic E-state index is 0.242. The third-order valence-electron chi connectivity index (χ3n) is 4.54. The van der Waals surface area contributed by atoms with Crippen molar-refractivity contribution < 1.29 is 27.5 Å². The Bertz CT molecular complexity index is 979. The second-order valence-electron chi connectivity index (χ2n) is 6.49. The smallest absolute Gasteiger partial charge is 0.351 e. The number of amides is 1. The van der Waals surface area contributed by atoms with Gasteiger partial charge in [-0.2, -0.15) is 4.31 Å². The van der Waals surface area contributed by atoms with Crippen molar-refractivity contribution in [3.63, 3.8) is 0 Å². The molecular formula is C19H22N2O6S2. The molecule has 0 unspecified atom stereocenters. The van der Waals surface area contributed by atoms with E-state index < -0.39 is 16.0 Å². The number of sulfonamides is 1. The van der Waals surface area contributed by atoms with Crippen molar-refractivity contribution in [2.75, 3.05) is 46.2 Å². The maximum Gasteiger partial charge on any atom is 0.351 e. The quantitative estimate of drug-likeness (QED) is 0.637. The number of nitrogens with zero attached hydrogens (tertiary/aromatic N) is 2. The van der Waals surface area contributed by atoms with Gasteiger partial charge in [-0.05, 0) is 11.6 Å². The van der Waals surface area contributed by atoms with Crippen LogP contribution in [0.1, 0.15) is 9.67 Å². The van der Waals surface area contributed by atoms with Gasteiger partial charge in [-0.15, -0.1) is 11.3 Å². The monoisotopic (exact) mass is 438 g/mol. The molecule has 156 valence electrons. The van der Waals surface area contributed by atoms with Gasteiger partial charge in [-0.3, -0.25) is 4.79 Å². The summed E-state index contributed by atoms with van der Waals surface area (Å²) in [6, 6.07) is 11.3. The number of ether oxygens (including phenoxy) is 2. The molecule has 1 aromatic heterocycles. The lowest BCUT2D eigenvalue weighted by molar-refractivity contribution is -0.134. The summed E-state index contributed by atoms with van der Waals surface area (Å²) in [7, 11) is -1.97. The number of rotatable bonds is 6. The Kier molecular flexibility index (Phi) is 6.56. The van der Waals surface area contributed by atoms with Gasteiger partial charge in [0, 0.05) is 31.1 Å². The molecule has 0 bridgehead atoms. The SMILES string of the molecule is COC(=O)c1sc(-c2ccccc2)cc1OCC(=O)N1CCN(S(C)(=O)=O)CC1. The number of hydrogen-bond acceptors (Lipinski definition) is 7. The third kappa shape index (κ3) is 5.14. The van der Waals surface area contributed by atoms with Gasteiger partial charge in [0.2, 0.25) is 10.0 Å². The Morgan fingerprint density at radius 1 is 1.10 bits per heavy atom. The highest BCUT2D eigenvalue weighted by Crippen LogP contribution is 2.36. The standard InChI is InChI=1S/C19H22N2O6S2/c1-26-19(23)18-15(12-16(28-18)14-6-4-3-5-7-14)27-13-17(22)20-8-10-21(11-9-20)29(2,24)25/h3-7,12H,8-11,13H2,1-2H3. The summed E-state index contributed by atoms with van der Waals surface area (Å²) < 4.78 is 35.0. The second kappa shape index (κ2) is 8.93. The van der Waals surface area contributed by atoms with Gasteiger partial charge in [0.25, 0.3) is 5.91 Å². The number of carbonyl (C=O) groups excluding carboxylic acids is 2. The van der Waals surface area contributed by atoms with E-state index in [4.69, 9.17) is 9.47 Å². The van der Waals surface area contributed by atoms with Gasteiger partial charge in [0.1, 0.15) is 5.75 Å². The molecule has 0 spiro atoms. The van der Waals surface area contributed by atoms with E-state index in [-0.39, 0.29) is 25.6 Å². The largest absolute Gasteiger partial charge is 0.482 e. The van der Waals surface area contributed by atoms with Gasteiger partial charge >= 0.3 is 5.97 Å². The molecule has 8 nitrogen and oxygen atoms in total. The van der Waals surface area contributed by atoms with E-state index in [1.165, 1.54) is 22.8 Å². The highest BCUT2D eigenvalue weighted by Gasteiger charge is 2.27. The van der Waals surface area contributed by atoms with Crippen LogP contribution in [-0.4, -0.2) is 75.7 Å². The first-order chi connectivity index (χ1) is 13.8. The van der Waals surface area contributed by atoms with Crippen molar-refractivity contribution >= 4 is 33.2 Å². The summed E-state index contributed by atoms with van der Waals surface area (Å²) in [5, 5.41) is 0. The zero-order valence-corrected chi connectivity index (χ0v) is 17.8. The van der Waals surface area contributed by atoms with Crippen LogP contribution in [0.25, 0.3) is 10.4 Å². The van der Waals surface area contributed by atoms with Crippen LogP contribution in [0.3, 0.4) is 0 Å². The zero-order valence-electron chi connectivity index (χ0n) is 16.2. The van der Waals surface area contributed by atoms with Crippen molar-refractivity contribution in [1.82, 2.24) is 9.21 Å². The number of methoxy groups -OCH3 is 1. The molecule has 0 radical (unpaired) electrons. The second-order valence-corrected chi connectivity index (χ2v) is 9.53. The fraction of sp³-hybridized carbons (Fsp3) is 0.368. The summed E-state index contributed by atoms with van der Waals surface area (Å²) >= 11 is 1.24. The minimum atomic E-state index is -3.26. The van der Waals surface area contributed by atoms with Crippen LogP contribution in [0.4, 0.5) is 0 Å². The first kappa shape index (κ1) is 21.3. The Hall–Kier alpha value is -2.43. The first-order valence-corrected chi connectivity index (χ1v) is 11.6. The lowest BCUT2D eigenvalue weighted by Crippen LogP contribution is -2.51. The number of hydrogen-bond donors (Lipinski definition) is 0. The molecule has 1 aromatic carbocycles. The van der Waals surface area contributed by atoms with Gasteiger partial charge in [-0.1, -0.05) is 30.3 Å². The molecule has 29 heavy (non-hydrogen) atoms. The predicted octanol–water partition coefficient (Wildman–Crippen LogP) is 1.68. The number of thiophene rings is 1. The summed E-state index contributed by atoms with van der Waals surface area (Å²) in [6.07, 6.45) is 1.16. The predicted molar refractivity (Wildman–Crippen MR) is 110 cm³/mol. The Morgan fingerprint density at radius 2 is 1.76 bits per heavy atom. The molecule has 10 heteroatoms. The van der Waals surface area contributed by atoms with Gasteiger partial charge in [0.15, 0.2) is 11.5 Å². The lowest BCUT2D eigenvalue weighted by atomic mass is 10.2. The molecule has 0 N–H and O–H groups in total. The van der Waals surface area contributed by atoms with E-state index in [1.807, 2.05) is 30.3 Å². The molecule has 2 heterocycles. The average molecular weight is 439 g/mol. The van der Waals surface area contributed by atoms with Crippen molar-refractivity contribution in [2.45, 2.75) is 0 Å². The van der Waals surface area contributed by atoms with Crippen molar-refractivity contribution in [3.05, 3.63) is 41.3 Å². The normalized spacial score (nSPS) is 15.2. The summed E-state index contributed by atoms with van der Waals surface area (Å²) in [6.45, 7) is 0.882. The van der Waals surface area contributed by atoms with Gasteiger partial charge in [0.05, 0.1) is 13.4 Å². The number of esters is 1. The van der Waals surface area contributed by atoms with E-state index in [9.17, 15) is 18.0 Å². The van der Waals surface area contributed by atoms with E-state index >= 15 is 0 Å². The highest BCUT2D eigenvalue weighted by molar-refractivity contribution is 7.88. The van der Waals surface area contributed by atoms with Crippen LogP contribution in [0.2, 0.25) is 0 Å². The molecule has 1 amide bonds. The number of piperazine rings is 1. The molecule has 2 aromatic rings. The average Bonchev–Trinajstić information content (AvgIpc) is 3.16. The summed E-state index contributed by atoms with van der Waals surface area (Å²) in [5.41, 5.74) is 0.931. The molecular weight excluding hydrogens is 416 g/mol. The fourth-order valence-corrected chi connectivity index (χ4v) is 4.81. The van der Waals surface area contributed by atoms with Crippen LogP contribution >= 0.6 is 11.3 Å². The number of carbonyl (C=O) groups is 2. The van der Waals surface area contributed by atoms with E-state index in [0.717, 1.165) is 16.7 Å². The Balaban J connectivity index is 1.67. The Labute approximate surface area is 173 Å². The maximum atomic E-state index is 12.5. The molecule has 0 aliphatic carbocycles. The molecule has 0 saturated carbocycles. The Morgan fingerprint density at radius 3 is 2.34 bits per heavy atom. The van der Waals surface area contributed by atoms with E-state index in [1.54, 1.807) is 11.0 Å². The van der Waals surface area contributed by atoms with Crippen LogP contribution < -0.4 is 4.74 Å². The maximum absolute atomic E-state index is 12.5.